The number of likely N-dealkylation sites (tertiary alicyclic amines) is 1. The summed E-state index contributed by atoms with van der Waals surface area (Å²) in [6.45, 7) is 7.27. The van der Waals surface area contributed by atoms with Gasteiger partial charge in [0.1, 0.15) is 0 Å². The van der Waals surface area contributed by atoms with Crippen LogP contribution < -0.4 is 5.32 Å². The third-order valence-electron chi connectivity index (χ3n) is 4.17. The molecule has 18 heavy (non-hydrogen) atoms. The van der Waals surface area contributed by atoms with E-state index in [1.165, 1.54) is 45.4 Å². The van der Waals surface area contributed by atoms with Crippen molar-refractivity contribution in [2.45, 2.75) is 31.7 Å². The first-order valence-corrected chi connectivity index (χ1v) is 7.42. The Labute approximate surface area is 111 Å². The number of methoxy groups -OCH3 is 1. The summed E-state index contributed by atoms with van der Waals surface area (Å²) in [6.07, 6.45) is 5.25. The van der Waals surface area contributed by atoms with Crippen LogP contribution in [0.1, 0.15) is 25.7 Å². The maximum atomic E-state index is 5.51. The Morgan fingerprint density at radius 2 is 2.17 bits per heavy atom. The molecule has 0 aromatic carbocycles. The summed E-state index contributed by atoms with van der Waals surface area (Å²) in [6, 6.07) is 0.799. The van der Waals surface area contributed by atoms with Gasteiger partial charge in [-0.15, -0.1) is 0 Å². The van der Waals surface area contributed by atoms with Crippen molar-refractivity contribution in [1.29, 1.82) is 0 Å². The van der Waals surface area contributed by atoms with Crippen molar-refractivity contribution in [3.8, 4) is 0 Å². The highest BCUT2D eigenvalue weighted by atomic mass is 16.5. The average molecular weight is 256 g/mol. The van der Waals surface area contributed by atoms with Crippen LogP contribution in [0.5, 0.6) is 0 Å². The molecule has 1 N–H and O–H groups in total. The SMILES string of the molecule is COCCOCCCN1CCC2NCCCC2C1. The topological polar surface area (TPSA) is 33.7 Å². The first-order chi connectivity index (χ1) is 8.90. The highest BCUT2D eigenvalue weighted by Crippen LogP contribution is 2.24. The number of hydrogen-bond acceptors (Lipinski definition) is 4. The number of piperidine rings is 2. The molecule has 4 nitrogen and oxygen atoms in total. The fourth-order valence-electron chi connectivity index (χ4n) is 3.16. The van der Waals surface area contributed by atoms with Crippen LogP contribution in [0.2, 0.25) is 0 Å². The molecule has 2 atom stereocenters. The summed E-state index contributed by atoms with van der Waals surface area (Å²) >= 11 is 0. The van der Waals surface area contributed by atoms with E-state index in [0.29, 0.717) is 6.61 Å². The van der Waals surface area contributed by atoms with Crippen molar-refractivity contribution >= 4 is 0 Å². The van der Waals surface area contributed by atoms with Gasteiger partial charge >= 0.3 is 0 Å². The van der Waals surface area contributed by atoms with Gasteiger partial charge in [-0.05, 0) is 44.7 Å². The highest BCUT2D eigenvalue weighted by Gasteiger charge is 2.30. The molecule has 2 rings (SSSR count). The van der Waals surface area contributed by atoms with E-state index in [1.807, 2.05) is 0 Å². The first-order valence-electron chi connectivity index (χ1n) is 7.42. The van der Waals surface area contributed by atoms with Crippen molar-refractivity contribution in [3.63, 3.8) is 0 Å². The predicted molar refractivity (Wildman–Crippen MR) is 72.9 cm³/mol. The molecule has 0 bridgehead atoms. The van der Waals surface area contributed by atoms with Crippen LogP contribution in [-0.2, 0) is 9.47 Å². The van der Waals surface area contributed by atoms with Gasteiger partial charge in [-0.1, -0.05) is 0 Å². The van der Waals surface area contributed by atoms with Crippen LogP contribution in [-0.4, -0.2) is 64.1 Å². The van der Waals surface area contributed by atoms with Crippen molar-refractivity contribution in [3.05, 3.63) is 0 Å². The van der Waals surface area contributed by atoms with E-state index in [0.717, 1.165) is 31.6 Å². The molecule has 106 valence electrons. The van der Waals surface area contributed by atoms with Gasteiger partial charge in [0.05, 0.1) is 13.2 Å². The number of ether oxygens (including phenoxy) is 2. The van der Waals surface area contributed by atoms with Crippen LogP contribution in [0.4, 0.5) is 0 Å². The van der Waals surface area contributed by atoms with E-state index in [9.17, 15) is 0 Å². The first kappa shape index (κ1) is 14.3. The summed E-state index contributed by atoms with van der Waals surface area (Å²) < 4.78 is 10.5. The minimum absolute atomic E-state index is 0.707. The second-order valence-corrected chi connectivity index (χ2v) is 5.51. The number of nitrogens with one attached hydrogen (secondary N) is 1. The lowest BCUT2D eigenvalue weighted by Gasteiger charge is -2.41. The maximum absolute atomic E-state index is 5.51. The van der Waals surface area contributed by atoms with E-state index >= 15 is 0 Å². The molecule has 4 heteroatoms. The molecule has 0 amide bonds. The number of hydrogen-bond donors (Lipinski definition) is 1. The van der Waals surface area contributed by atoms with Crippen LogP contribution in [0, 0.1) is 5.92 Å². The summed E-state index contributed by atoms with van der Waals surface area (Å²) in [7, 11) is 1.71. The van der Waals surface area contributed by atoms with Gasteiger partial charge in [-0.2, -0.15) is 0 Å². The lowest BCUT2D eigenvalue weighted by molar-refractivity contribution is 0.0583. The fraction of sp³-hybridized carbons (Fsp3) is 1.00. The summed E-state index contributed by atoms with van der Waals surface area (Å²) in [5.41, 5.74) is 0. The number of nitrogens with zero attached hydrogens (tertiary/aromatic N) is 1. The van der Waals surface area contributed by atoms with Crippen LogP contribution in [0.3, 0.4) is 0 Å². The molecule has 0 aromatic rings. The molecular weight excluding hydrogens is 228 g/mol. The normalized spacial score (nSPS) is 29.2. The monoisotopic (exact) mass is 256 g/mol. The molecule has 2 aliphatic rings. The molecule has 2 fully saturated rings. The minimum atomic E-state index is 0.707. The molecule has 0 saturated carbocycles. The lowest BCUT2D eigenvalue weighted by Crippen LogP contribution is -2.52. The van der Waals surface area contributed by atoms with E-state index in [-0.39, 0.29) is 0 Å². The molecule has 2 saturated heterocycles. The lowest BCUT2D eigenvalue weighted by atomic mass is 9.85. The summed E-state index contributed by atoms with van der Waals surface area (Å²) in [5, 5.41) is 3.67. The predicted octanol–water partition coefficient (Wildman–Crippen LogP) is 1.11. The zero-order valence-electron chi connectivity index (χ0n) is 11.7. The molecule has 2 unspecified atom stereocenters. The van der Waals surface area contributed by atoms with Gasteiger partial charge in [0.25, 0.3) is 0 Å². The van der Waals surface area contributed by atoms with Gasteiger partial charge < -0.3 is 19.7 Å². The molecule has 2 heterocycles. The largest absolute Gasteiger partial charge is 0.382 e. The molecule has 0 spiro atoms. The molecule has 0 aromatic heterocycles. The van der Waals surface area contributed by atoms with Crippen LogP contribution in [0.15, 0.2) is 0 Å². The quantitative estimate of drug-likeness (QED) is 0.692. The van der Waals surface area contributed by atoms with Crippen molar-refractivity contribution in [1.82, 2.24) is 10.2 Å². The number of fused-ring (bicyclic) bond motifs is 1. The smallest absolute Gasteiger partial charge is 0.0700 e. The van der Waals surface area contributed by atoms with Crippen molar-refractivity contribution < 1.29 is 9.47 Å². The van der Waals surface area contributed by atoms with Crippen LogP contribution >= 0.6 is 0 Å². The van der Waals surface area contributed by atoms with E-state index in [2.05, 4.69) is 10.2 Å². The Kier molecular flexibility index (Phi) is 6.41. The summed E-state index contributed by atoms with van der Waals surface area (Å²) in [4.78, 5) is 2.62. The standard InChI is InChI=1S/C14H28N2O2/c1-17-10-11-18-9-3-7-16-8-5-14-13(12-16)4-2-6-15-14/h13-15H,2-12H2,1H3. The van der Waals surface area contributed by atoms with Gasteiger partial charge in [0.15, 0.2) is 0 Å². The Morgan fingerprint density at radius 1 is 1.22 bits per heavy atom. The zero-order chi connectivity index (χ0) is 12.6. The molecule has 0 aliphatic carbocycles. The highest BCUT2D eigenvalue weighted by molar-refractivity contribution is 4.88. The Hall–Kier alpha value is -0.160. The fourth-order valence-corrected chi connectivity index (χ4v) is 3.16. The second kappa shape index (κ2) is 8.10. The molecular formula is C14H28N2O2. The Bertz CT molecular complexity index is 226. The Morgan fingerprint density at radius 3 is 3.06 bits per heavy atom. The van der Waals surface area contributed by atoms with Crippen molar-refractivity contribution in [2.75, 3.05) is 53.1 Å². The second-order valence-electron chi connectivity index (χ2n) is 5.51. The minimum Gasteiger partial charge on any atom is -0.382 e. The van der Waals surface area contributed by atoms with Gasteiger partial charge in [-0.3, -0.25) is 0 Å². The average Bonchev–Trinajstić information content (AvgIpc) is 2.42. The summed E-state index contributed by atoms with van der Waals surface area (Å²) in [5.74, 6) is 0.891. The molecule has 2 aliphatic heterocycles. The zero-order valence-corrected chi connectivity index (χ0v) is 11.7. The van der Waals surface area contributed by atoms with Gasteiger partial charge in [0, 0.05) is 32.8 Å². The third-order valence-corrected chi connectivity index (χ3v) is 4.17. The third kappa shape index (κ3) is 4.50. The van der Waals surface area contributed by atoms with E-state index in [4.69, 9.17) is 9.47 Å². The Balaban J connectivity index is 1.54. The van der Waals surface area contributed by atoms with E-state index < -0.39 is 0 Å². The number of rotatable bonds is 7. The van der Waals surface area contributed by atoms with E-state index in [1.54, 1.807) is 7.11 Å². The van der Waals surface area contributed by atoms with Crippen LogP contribution in [0.25, 0.3) is 0 Å². The van der Waals surface area contributed by atoms with Gasteiger partial charge in [0.2, 0.25) is 0 Å². The van der Waals surface area contributed by atoms with Crippen molar-refractivity contribution in [2.24, 2.45) is 5.92 Å². The van der Waals surface area contributed by atoms with Gasteiger partial charge in [-0.25, -0.2) is 0 Å². The molecule has 0 radical (unpaired) electrons. The maximum Gasteiger partial charge on any atom is 0.0700 e.